The number of amides is 3. The zero-order chi connectivity index (χ0) is 27.8. The third-order valence-electron chi connectivity index (χ3n) is 8.81. The second-order valence-electron chi connectivity index (χ2n) is 11.2. The highest BCUT2D eigenvalue weighted by Crippen LogP contribution is 2.65. The van der Waals surface area contributed by atoms with Gasteiger partial charge < -0.3 is 25.4 Å². The van der Waals surface area contributed by atoms with Crippen molar-refractivity contribution in [2.24, 2.45) is 17.8 Å². The quantitative estimate of drug-likeness (QED) is 0.376. The number of aliphatic hydroxyl groups excluding tert-OH is 1. The number of hydrogen-bond donors (Lipinski definition) is 3. The Bertz CT molecular complexity index is 1220. The van der Waals surface area contributed by atoms with E-state index >= 15 is 0 Å². The highest BCUT2D eigenvalue weighted by Gasteiger charge is 2.79. The molecule has 1 spiro atoms. The van der Waals surface area contributed by atoms with Gasteiger partial charge >= 0.3 is 0 Å². The highest BCUT2D eigenvalue weighted by atomic mass is 35.5. The summed E-state index contributed by atoms with van der Waals surface area (Å²) in [6.45, 7) is 4.44. The first kappa shape index (κ1) is 27.6. The Labute approximate surface area is 234 Å². The summed E-state index contributed by atoms with van der Waals surface area (Å²) in [5.41, 5.74) is -0.764. The van der Waals surface area contributed by atoms with Crippen molar-refractivity contribution in [3.05, 3.63) is 59.6 Å². The summed E-state index contributed by atoms with van der Waals surface area (Å²) >= 11 is 6.03. The van der Waals surface area contributed by atoms with E-state index in [1.807, 2.05) is 44.2 Å². The molecule has 39 heavy (non-hydrogen) atoms. The molecule has 0 aromatic heterocycles. The van der Waals surface area contributed by atoms with Crippen molar-refractivity contribution >= 4 is 40.7 Å². The monoisotopic (exact) mass is 553 g/mol. The number of nitrogens with zero attached hydrogens (tertiary/aromatic N) is 1. The summed E-state index contributed by atoms with van der Waals surface area (Å²) in [6.07, 6.45) is 3.55. The maximum absolute atomic E-state index is 14.1. The Morgan fingerprint density at radius 1 is 1.00 bits per heavy atom. The van der Waals surface area contributed by atoms with Crippen molar-refractivity contribution in [1.82, 2.24) is 4.90 Å². The second-order valence-corrected chi connectivity index (χ2v) is 11.7. The SMILES string of the molecule is CC1CC23O[C@@]1(C)[C@H](C(=O)Nc1ccccc1)[C@H]2C(=O)N(CCCCCCO)C3C(=O)Nc1ccc(Cl)cc1. The number of benzene rings is 2. The minimum absolute atomic E-state index is 0.0385. The van der Waals surface area contributed by atoms with Crippen LogP contribution in [-0.2, 0) is 19.1 Å². The molecule has 8 nitrogen and oxygen atoms in total. The van der Waals surface area contributed by atoms with Gasteiger partial charge in [0.05, 0.1) is 17.4 Å². The molecule has 3 N–H and O–H groups in total. The van der Waals surface area contributed by atoms with Crippen LogP contribution in [0.2, 0.25) is 5.02 Å². The minimum atomic E-state index is -1.11. The lowest BCUT2D eigenvalue weighted by Gasteiger charge is -2.36. The van der Waals surface area contributed by atoms with E-state index in [2.05, 4.69) is 10.6 Å². The van der Waals surface area contributed by atoms with Crippen LogP contribution in [0.5, 0.6) is 0 Å². The number of carbonyl (C=O) groups is 3. The van der Waals surface area contributed by atoms with Gasteiger partial charge in [0.1, 0.15) is 11.6 Å². The summed E-state index contributed by atoms with van der Waals surface area (Å²) in [4.78, 5) is 43.5. The van der Waals surface area contributed by atoms with Gasteiger partial charge in [-0.25, -0.2) is 0 Å². The van der Waals surface area contributed by atoms with Crippen LogP contribution in [0.3, 0.4) is 0 Å². The fourth-order valence-corrected chi connectivity index (χ4v) is 7.04. The molecule has 2 aromatic carbocycles. The molecule has 3 fully saturated rings. The molecule has 0 saturated carbocycles. The smallest absolute Gasteiger partial charge is 0.250 e. The predicted octanol–water partition coefficient (Wildman–Crippen LogP) is 4.48. The normalized spacial score (nSPS) is 30.9. The Balaban J connectivity index is 1.47. The molecule has 0 radical (unpaired) electrons. The molecule has 3 heterocycles. The molecule has 3 saturated heterocycles. The third kappa shape index (κ3) is 4.83. The van der Waals surface area contributed by atoms with Crippen molar-refractivity contribution in [2.75, 3.05) is 23.8 Å². The fraction of sp³-hybridized carbons (Fsp3) is 0.500. The number of aliphatic hydroxyl groups is 1. The molecule has 3 amide bonds. The van der Waals surface area contributed by atoms with E-state index in [4.69, 9.17) is 21.4 Å². The van der Waals surface area contributed by atoms with Gasteiger partial charge in [-0.3, -0.25) is 14.4 Å². The van der Waals surface area contributed by atoms with E-state index in [-0.39, 0.29) is 30.2 Å². The van der Waals surface area contributed by atoms with Crippen LogP contribution in [-0.4, -0.2) is 58.1 Å². The van der Waals surface area contributed by atoms with Crippen LogP contribution in [0.25, 0.3) is 0 Å². The van der Waals surface area contributed by atoms with Crippen molar-refractivity contribution in [3.63, 3.8) is 0 Å². The van der Waals surface area contributed by atoms with Crippen molar-refractivity contribution in [3.8, 4) is 0 Å². The second kappa shape index (κ2) is 10.9. The summed E-state index contributed by atoms with van der Waals surface area (Å²) in [6, 6.07) is 15.1. The van der Waals surface area contributed by atoms with Gasteiger partial charge in [-0.05, 0) is 68.5 Å². The third-order valence-corrected chi connectivity index (χ3v) is 9.06. The summed E-state index contributed by atoms with van der Waals surface area (Å²) in [5, 5.41) is 15.6. The fourth-order valence-electron chi connectivity index (χ4n) is 6.91. The zero-order valence-corrected chi connectivity index (χ0v) is 23.1. The molecule has 208 valence electrons. The number of ether oxygens (including phenoxy) is 1. The Morgan fingerprint density at radius 3 is 2.33 bits per heavy atom. The first-order valence-electron chi connectivity index (χ1n) is 13.7. The summed E-state index contributed by atoms with van der Waals surface area (Å²) in [7, 11) is 0. The van der Waals surface area contributed by atoms with Gasteiger partial charge in [-0.1, -0.05) is 49.6 Å². The van der Waals surface area contributed by atoms with Gasteiger partial charge in [-0.15, -0.1) is 0 Å². The number of fused-ring (bicyclic) bond motifs is 1. The molecule has 3 aliphatic heterocycles. The van der Waals surface area contributed by atoms with Crippen LogP contribution >= 0.6 is 11.6 Å². The molecule has 3 aliphatic rings. The lowest BCUT2D eigenvalue weighted by Crippen LogP contribution is -2.54. The zero-order valence-electron chi connectivity index (χ0n) is 22.4. The first-order chi connectivity index (χ1) is 18.7. The molecule has 6 atom stereocenters. The number of hydrogen-bond acceptors (Lipinski definition) is 5. The maximum atomic E-state index is 14.1. The molecule has 2 bridgehead atoms. The molecule has 5 rings (SSSR count). The maximum Gasteiger partial charge on any atom is 0.250 e. The highest BCUT2D eigenvalue weighted by molar-refractivity contribution is 6.30. The topological polar surface area (TPSA) is 108 Å². The van der Waals surface area contributed by atoms with Gasteiger partial charge in [0.2, 0.25) is 17.7 Å². The van der Waals surface area contributed by atoms with Crippen LogP contribution in [0.1, 0.15) is 46.0 Å². The van der Waals surface area contributed by atoms with E-state index in [9.17, 15) is 14.4 Å². The van der Waals surface area contributed by atoms with Gasteiger partial charge in [-0.2, -0.15) is 0 Å². The number of anilines is 2. The number of rotatable bonds is 10. The van der Waals surface area contributed by atoms with Crippen LogP contribution in [0.15, 0.2) is 54.6 Å². The predicted molar refractivity (Wildman–Crippen MR) is 149 cm³/mol. The van der Waals surface area contributed by atoms with E-state index < -0.39 is 29.1 Å². The van der Waals surface area contributed by atoms with E-state index in [1.54, 1.807) is 29.2 Å². The molecule has 0 aliphatic carbocycles. The van der Waals surface area contributed by atoms with Crippen LogP contribution < -0.4 is 10.6 Å². The van der Waals surface area contributed by atoms with Gasteiger partial charge in [0.15, 0.2) is 0 Å². The molecule has 2 aromatic rings. The van der Waals surface area contributed by atoms with E-state index in [0.717, 1.165) is 12.8 Å². The average Bonchev–Trinajstić information content (AvgIpc) is 3.42. The number of carbonyl (C=O) groups excluding carboxylic acids is 3. The lowest BCUT2D eigenvalue weighted by molar-refractivity contribution is -0.144. The van der Waals surface area contributed by atoms with Crippen molar-refractivity contribution in [2.45, 2.75) is 63.2 Å². The van der Waals surface area contributed by atoms with Crippen molar-refractivity contribution < 1.29 is 24.2 Å². The Kier molecular flexibility index (Phi) is 7.73. The minimum Gasteiger partial charge on any atom is -0.396 e. The largest absolute Gasteiger partial charge is 0.396 e. The standard InChI is InChI=1S/C30H36ClN3O5/c1-19-18-30-24(23(29(19,2)39-30)26(36)32-21-10-6-5-7-11-21)28(38)34(16-8-3-4-9-17-35)25(30)27(37)33-22-14-12-20(31)13-15-22/h5-7,10-15,19,23-25,35H,3-4,8-9,16-18H2,1-2H3,(H,32,36)(H,33,37)/t19?,23-,24-,25?,29+,30?/m0/s1. The number of para-hydroxylation sites is 1. The number of likely N-dealkylation sites (tertiary alicyclic amines) is 1. The molecule has 9 heteroatoms. The number of nitrogens with one attached hydrogen (secondary N) is 2. The molecular formula is C30H36ClN3O5. The number of halogens is 1. The Hall–Kier alpha value is -2.94. The van der Waals surface area contributed by atoms with E-state index in [1.165, 1.54) is 0 Å². The van der Waals surface area contributed by atoms with Crippen molar-refractivity contribution in [1.29, 1.82) is 0 Å². The van der Waals surface area contributed by atoms with E-state index in [0.29, 0.717) is 42.2 Å². The first-order valence-corrected chi connectivity index (χ1v) is 14.1. The van der Waals surface area contributed by atoms with Crippen LogP contribution in [0, 0.1) is 17.8 Å². The lowest BCUT2D eigenvalue weighted by atomic mass is 9.62. The van der Waals surface area contributed by atoms with Crippen LogP contribution in [0.4, 0.5) is 11.4 Å². The Morgan fingerprint density at radius 2 is 1.64 bits per heavy atom. The average molecular weight is 554 g/mol. The van der Waals surface area contributed by atoms with Gasteiger partial charge in [0.25, 0.3) is 0 Å². The van der Waals surface area contributed by atoms with Gasteiger partial charge in [0, 0.05) is 29.5 Å². The molecule has 3 unspecified atom stereocenters. The number of unbranched alkanes of at least 4 members (excludes halogenated alkanes) is 3. The summed E-state index contributed by atoms with van der Waals surface area (Å²) < 4.78 is 6.75. The molecular weight excluding hydrogens is 518 g/mol. The summed E-state index contributed by atoms with van der Waals surface area (Å²) in [5.74, 6) is -2.35.